The number of hydrogen-bond donors (Lipinski definition) is 2. The molecule has 0 bridgehead atoms. The van der Waals surface area contributed by atoms with E-state index in [1.165, 1.54) is 0 Å². The zero-order chi connectivity index (χ0) is 14.2. The van der Waals surface area contributed by atoms with Crippen molar-refractivity contribution in [3.8, 4) is 5.75 Å². The van der Waals surface area contributed by atoms with Gasteiger partial charge in [0.25, 0.3) is 5.91 Å². The molecule has 6 nitrogen and oxygen atoms in total. The molecular weight excluding hydrogens is 258 g/mol. The second kappa shape index (κ2) is 7.72. The molecule has 2 rings (SSSR count). The van der Waals surface area contributed by atoms with Crippen molar-refractivity contribution in [3.05, 3.63) is 24.3 Å². The lowest BCUT2D eigenvalue weighted by molar-refractivity contribution is -0.123. The Hall–Kier alpha value is -1.79. The molecule has 1 fully saturated rings. The van der Waals surface area contributed by atoms with Gasteiger partial charge in [0.05, 0.1) is 18.9 Å². The summed E-state index contributed by atoms with van der Waals surface area (Å²) in [5.74, 6) is 0.400. The van der Waals surface area contributed by atoms with Gasteiger partial charge in [-0.1, -0.05) is 12.1 Å². The molecule has 0 aromatic heterocycles. The molecule has 1 aliphatic rings. The summed E-state index contributed by atoms with van der Waals surface area (Å²) in [6.45, 7) is 4.82. The first-order valence-corrected chi connectivity index (χ1v) is 6.80. The summed E-state index contributed by atoms with van der Waals surface area (Å²) in [6, 6.07) is 7.13. The van der Waals surface area contributed by atoms with Crippen LogP contribution in [0.15, 0.2) is 24.3 Å². The average molecular weight is 279 g/mol. The van der Waals surface area contributed by atoms with Crippen molar-refractivity contribution >= 4 is 11.6 Å². The topological polar surface area (TPSA) is 76.8 Å². The Morgan fingerprint density at radius 3 is 2.85 bits per heavy atom. The predicted molar refractivity (Wildman–Crippen MR) is 76.6 cm³/mol. The van der Waals surface area contributed by atoms with Crippen LogP contribution in [0.1, 0.15) is 0 Å². The lowest BCUT2D eigenvalue weighted by Crippen LogP contribution is -2.42. The Morgan fingerprint density at radius 2 is 2.10 bits per heavy atom. The maximum atomic E-state index is 11.6. The third-order valence-electron chi connectivity index (χ3n) is 3.13. The summed E-state index contributed by atoms with van der Waals surface area (Å²) in [5.41, 5.74) is 6.26. The van der Waals surface area contributed by atoms with E-state index < -0.39 is 0 Å². The summed E-state index contributed by atoms with van der Waals surface area (Å²) in [6.07, 6.45) is 0. The summed E-state index contributed by atoms with van der Waals surface area (Å²) in [4.78, 5) is 13.9. The normalized spacial score (nSPS) is 15.8. The van der Waals surface area contributed by atoms with Crippen LogP contribution in [-0.4, -0.2) is 56.8 Å². The van der Waals surface area contributed by atoms with E-state index in [0.717, 1.165) is 32.8 Å². The first-order chi connectivity index (χ1) is 9.75. The highest BCUT2D eigenvalue weighted by atomic mass is 16.5. The summed E-state index contributed by atoms with van der Waals surface area (Å²) in [5, 5.41) is 2.83. The van der Waals surface area contributed by atoms with Crippen LogP contribution in [0, 0.1) is 0 Å². The van der Waals surface area contributed by atoms with Crippen LogP contribution in [-0.2, 0) is 9.53 Å². The van der Waals surface area contributed by atoms with E-state index in [0.29, 0.717) is 18.0 Å². The van der Waals surface area contributed by atoms with Crippen LogP contribution in [0.2, 0.25) is 0 Å². The molecule has 0 radical (unpaired) electrons. The average Bonchev–Trinajstić information content (AvgIpc) is 2.47. The van der Waals surface area contributed by atoms with E-state index in [-0.39, 0.29) is 12.5 Å². The lowest BCUT2D eigenvalue weighted by atomic mass is 10.3. The standard InChI is InChI=1S/C14H21N3O3/c15-12-3-1-2-4-13(12)20-11-14(18)16-5-6-17-7-9-19-10-8-17/h1-4H,5-11,15H2,(H,16,18). The molecule has 0 unspecified atom stereocenters. The molecule has 1 aromatic rings. The highest BCUT2D eigenvalue weighted by Crippen LogP contribution is 2.19. The SMILES string of the molecule is Nc1ccccc1OCC(=O)NCCN1CCOCC1. The minimum absolute atomic E-state index is 0.0165. The van der Waals surface area contributed by atoms with Crippen molar-refractivity contribution in [2.75, 3.05) is 51.7 Å². The van der Waals surface area contributed by atoms with Crippen LogP contribution in [0.3, 0.4) is 0 Å². The van der Waals surface area contributed by atoms with E-state index in [1.54, 1.807) is 12.1 Å². The van der Waals surface area contributed by atoms with Gasteiger partial charge in [-0.05, 0) is 12.1 Å². The van der Waals surface area contributed by atoms with E-state index in [9.17, 15) is 4.79 Å². The summed E-state index contributed by atoms with van der Waals surface area (Å²) < 4.78 is 10.6. The number of benzene rings is 1. The Bertz CT molecular complexity index is 433. The van der Waals surface area contributed by atoms with Gasteiger partial charge in [0, 0.05) is 26.2 Å². The van der Waals surface area contributed by atoms with Crippen LogP contribution < -0.4 is 15.8 Å². The fourth-order valence-corrected chi connectivity index (χ4v) is 1.98. The number of amides is 1. The Kier molecular flexibility index (Phi) is 5.64. The molecule has 110 valence electrons. The highest BCUT2D eigenvalue weighted by Gasteiger charge is 2.10. The molecule has 1 heterocycles. The van der Waals surface area contributed by atoms with Crippen LogP contribution in [0.4, 0.5) is 5.69 Å². The maximum Gasteiger partial charge on any atom is 0.257 e. The highest BCUT2D eigenvalue weighted by molar-refractivity contribution is 5.77. The van der Waals surface area contributed by atoms with E-state index in [4.69, 9.17) is 15.2 Å². The minimum Gasteiger partial charge on any atom is -0.482 e. The van der Waals surface area contributed by atoms with Crippen molar-refractivity contribution in [3.63, 3.8) is 0 Å². The number of nitrogen functional groups attached to an aromatic ring is 1. The van der Waals surface area contributed by atoms with Gasteiger partial charge in [0.15, 0.2) is 6.61 Å². The number of hydrogen-bond acceptors (Lipinski definition) is 5. The lowest BCUT2D eigenvalue weighted by Gasteiger charge is -2.26. The number of para-hydroxylation sites is 2. The Balaban J connectivity index is 1.62. The van der Waals surface area contributed by atoms with Gasteiger partial charge in [0.2, 0.25) is 0 Å². The van der Waals surface area contributed by atoms with Gasteiger partial charge in [-0.25, -0.2) is 0 Å². The third-order valence-corrected chi connectivity index (χ3v) is 3.13. The van der Waals surface area contributed by atoms with Crippen LogP contribution in [0.25, 0.3) is 0 Å². The molecule has 1 aromatic carbocycles. The largest absolute Gasteiger partial charge is 0.482 e. The zero-order valence-corrected chi connectivity index (χ0v) is 11.5. The van der Waals surface area contributed by atoms with Crippen molar-refractivity contribution < 1.29 is 14.3 Å². The Labute approximate surface area is 118 Å². The second-order valence-electron chi connectivity index (χ2n) is 4.63. The molecule has 0 atom stereocenters. The number of nitrogens with zero attached hydrogens (tertiary/aromatic N) is 1. The van der Waals surface area contributed by atoms with E-state index in [2.05, 4.69) is 10.2 Å². The smallest absolute Gasteiger partial charge is 0.257 e. The van der Waals surface area contributed by atoms with E-state index in [1.807, 2.05) is 12.1 Å². The number of carbonyl (C=O) groups is 1. The fraction of sp³-hybridized carbons (Fsp3) is 0.500. The number of nitrogens with two attached hydrogens (primary N) is 1. The first-order valence-electron chi connectivity index (χ1n) is 6.80. The zero-order valence-electron chi connectivity index (χ0n) is 11.5. The predicted octanol–water partition coefficient (Wildman–Crippen LogP) is 0.0960. The second-order valence-corrected chi connectivity index (χ2v) is 4.63. The number of morpholine rings is 1. The molecule has 3 N–H and O–H groups in total. The summed E-state index contributed by atoms with van der Waals surface area (Å²) >= 11 is 0. The monoisotopic (exact) mass is 279 g/mol. The molecule has 0 saturated carbocycles. The number of nitrogens with one attached hydrogen (secondary N) is 1. The van der Waals surface area contributed by atoms with Gasteiger partial charge in [-0.3, -0.25) is 9.69 Å². The number of anilines is 1. The molecule has 20 heavy (non-hydrogen) atoms. The maximum absolute atomic E-state index is 11.6. The fourth-order valence-electron chi connectivity index (χ4n) is 1.98. The molecule has 1 saturated heterocycles. The molecule has 1 amide bonds. The minimum atomic E-state index is -0.137. The van der Waals surface area contributed by atoms with Gasteiger partial charge >= 0.3 is 0 Å². The third kappa shape index (κ3) is 4.71. The molecular formula is C14H21N3O3. The van der Waals surface area contributed by atoms with Crippen LogP contribution in [0.5, 0.6) is 5.75 Å². The molecule has 1 aliphatic heterocycles. The number of carbonyl (C=O) groups excluding carboxylic acids is 1. The first kappa shape index (κ1) is 14.6. The van der Waals surface area contributed by atoms with E-state index >= 15 is 0 Å². The number of rotatable bonds is 6. The molecule has 6 heteroatoms. The van der Waals surface area contributed by atoms with Gasteiger partial charge < -0.3 is 20.5 Å². The van der Waals surface area contributed by atoms with Crippen molar-refractivity contribution in [1.29, 1.82) is 0 Å². The van der Waals surface area contributed by atoms with Crippen molar-refractivity contribution in [1.82, 2.24) is 10.2 Å². The van der Waals surface area contributed by atoms with Crippen molar-refractivity contribution in [2.24, 2.45) is 0 Å². The quantitative estimate of drug-likeness (QED) is 0.722. The molecule has 0 aliphatic carbocycles. The van der Waals surface area contributed by atoms with Gasteiger partial charge in [-0.2, -0.15) is 0 Å². The van der Waals surface area contributed by atoms with Gasteiger partial charge in [-0.15, -0.1) is 0 Å². The van der Waals surface area contributed by atoms with Crippen molar-refractivity contribution in [2.45, 2.75) is 0 Å². The molecule has 0 spiro atoms. The summed E-state index contributed by atoms with van der Waals surface area (Å²) in [7, 11) is 0. The Morgan fingerprint density at radius 1 is 1.35 bits per heavy atom. The number of ether oxygens (including phenoxy) is 2. The van der Waals surface area contributed by atoms with Crippen LogP contribution >= 0.6 is 0 Å². The van der Waals surface area contributed by atoms with Gasteiger partial charge in [0.1, 0.15) is 5.75 Å².